The van der Waals surface area contributed by atoms with E-state index in [4.69, 9.17) is 5.73 Å². The van der Waals surface area contributed by atoms with Crippen molar-refractivity contribution in [3.8, 4) is 0 Å². The van der Waals surface area contributed by atoms with Gasteiger partial charge in [-0.3, -0.25) is 9.69 Å². The molecule has 2 N–H and O–H groups in total. The number of piperidine rings is 1. The predicted molar refractivity (Wildman–Crippen MR) is 63.7 cm³/mol. The molecule has 1 saturated heterocycles. The zero-order chi connectivity index (χ0) is 11.4. The molecule has 1 aromatic rings. The van der Waals surface area contributed by atoms with Gasteiger partial charge in [-0.15, -0.1) is 0 Å². The summed E-state index contributed by atoms with van der Waals surface area (Å²) in [7, 11) is 0. The third-order valence-corrected chi connectivity index (χ3v) is 3.17. The molecule has 0 aliphatic carbocycles. The first kappa shape index (κ1) is 11.1. The van der Waals surface area contributed by atoms with Crippen LogP contribution < -0.4 is 5.73 Å². The number of amides is 1. The fourth-order valence-electron chi connectivity index (χ4n) is 2.32. The summed E-state index contributed by atoms with van der Waals surface area (Å²) in [5.41, 5.74) is 6.68. The molecule has 16 heavy (non-hydrogen) atoms. The van der Waals surface area contributed by atoms with E-state index in [0.717, 1.165) is 32.4 Å². The van der Waals surface area contributed by atoms with Gasteiger partial charge < -0.3 is 5.73 Å². The van der Waals surface area contributed by atoms with Crippen molar-refractivity contribution in [3.05, 3.63) is 35.9 Å². The van der Waals surface area contributed by atoms with E-state index >= 15 is 0 Å². The van der Waals surface area contributed by atoms with Crippen LogP contribution in [0.15, 0.2) is 30.3 Å². The monoisotopic (exact) mass is 218 g/mol. The van der Waals surface area contributed by atoms with Crippen molar-refractivity contribution in [1.82, 2.24) is 4.90 Å². The Morgan fingerprint density at radius 3 is 2.75 bits per heavy atom. The number of hydrogen-bond donors (Lipinski definition) is 1. The Bertz CT molecular complexity index is 350. The minimum atomic E-state index is -0.185. The lowest BCUT2D eigenvalue weighted by molar-refractivity contribution is -0.124. The first-order chi connectivity index (χ1) is 7.77. The van der Waals surface area contributed by atoms with Gasteiger partial charge in [0.05, 0.1) is 6.04 Å². The molecule has 1 aliphatic rings. The maximum Gasteiger partial charge on any atom is 0.234 e. The standard InChI is InChI=1S/C13H18N2O/c14-13(16)12-8-4-5-9-15(12)10-11-6-2-1-3-7-11/h1-3,6-7,12H,4-5,8-10H2,(H2,14,16)/t12-/m1/s1. The van der Waals surface area contributed by atoms with Crippen LogP contribution in [0.3, 0.4) is 0 Å². The third kappa shape index (κ3) is 2.61. The van der Waals surface area contributed by atoms with E-state index in [2.05, 4.69) is 17.0 Å². The summed E-state index contributed by atoms with van der Waals surface area (Å²) in [6.45, 7) is 1.80. The lowest BCUT2D eigenvalue weighted by Gasteiger charge is -2.33. The zero-order valence-electron chi connectivity index (χ0n) is 9.43. The summed E-state index contributed by atoms with van der Waals surface area (Å²) in [4.78, 5) is 13.5. The van der Waals surface area contributed by atoms with E-state index in [9.17, 15) is 4.79 Å². The highest BCUT2D eigenvalue weighted by Crippen LogP contribution is 2.19. The fourth-order valence-corrected chi connectivity index (χ4v) is 2.32. The highest BCUT2D eigenvalue weighted by Gasteiger charge is 2.26. The Labute approximate surface area is 96.2 Å². The van der Waals surface area contributed by atoms with Gasteiger partial charge in [0.1, 0.15) is 0 Å². The molecule has 1 amide bonds. The average molecular weight is 218 g/mol. The van der Waals surface area contributed by atoms with Crippen LogP contribution >= 0.6 is 0 Å². The minimum Gasteiger partial charge on any atom is -0.368 e. The number of carbonyl (C=O) groups excluding carboxylic acids is 1. The van der Waals surface area contributed by atoms with Gasteiger partial charge in [0, 0.05) is 6.54 Å². The molecule has 1 aliphatic heterocycles. The van der Waals surface area contributed by atoms with Crippen molar-refractivity contribution < 1.29 is 4.79 Å². The average Bonchev–Trinajstić information content (AvgIpc) is 2.31. The quantitative estimate of drug-likeness (QED) is 0.836. The van der Waals surface area contributed by atoms with Crippen molar-refractivity contribution in [2.45, 2.75) is 31.8 Å². The van der Waals surface area contributed by atoms with Crippen LogP contribution in [0.4, 0.5) is 0 Å². The molecule has 3 heteroatoms. The van der Waals surface area contributed by atoms with E-state index in [-0.39, 0.29) is 11.9 Å². The summed E-state index contributed by atoms with van der Waals surface area (Å²) in [5.74, 6) is -0.185. The van der Waals surface area contributed by atoms with E-state index in [1.807, 2.05) is 18.2 Å². The molecule has 0 spiro atoms. The number of primary amides is 1. The van der Waals surface area contributed by atoms with Crippen LogP contribution in [0.2, 0.25) is 0 Å². The maximum atomic E-state index is 11.3. The molecule has 0 unspecified atom stereocenters. The van der Waals surface area contributed by atoms with Gasteiger partial charge in [0.2, 0.25) is 5.91 Å². The lowest BCUT2D eigenvalue weighted by atomic mass is 10.0. The third-order valence-electron chi connectivity index (χ3n) is 3.17. The lowest BCUT2D eigenvalue weighted by Crippen LogP contribution is -2.47. The van der Waals surface area contributed by atoms with Crippen molar-refractivity contribution in [2.75, 3.05) is 6.54 Å². The smallest absolute Gasteiger partial charge is 0.234 e. The summed E-state index contributed by atoms with van der Waals surface area (Å²) in [5, 5.41) is 0. The molecule has 86 valence electrons. The van der Waals surface area contributed by atoms with E-state index in [1.165, 1.54) is 5.56 Å². The summed E-state index contributed by atoms with van der Waals surface area (Å²) >= 11 is 0. The second-order valence-corrected chi connectivity index (χ2v) is 4.37. The summed E-state index contributed by atoms with van der Waals surface area (Å²) in [6.07, 6.45) is 3.18. The van der Waals surface area contributed by atoms with Gasteiger partial charge in [-0.25, -0.2) is 0 Å². The Morgan fingerprint density at radius 2 is 2.06 bits per heavy atom. The number of rotatable bonds is 3. The van der Waals surface area contributed by atoms with Crippen molar-refractivity contribution in [1.29, 1.82) is 0 Å². The highest BCUT2D eigenvalue weighted by molar-refractivity contribution is 5.79. The zero-order valence-corrected chi connectivity index (χ0v) is 9.43. The van der Waals surface area contributed by atoms with Gasteiger partial charge in [-0.2, -0.15) is 0 Å². The Hall–Kier alpha value is -1.35. The topological polar surface area (TPSA) is 46.3 Å². The number of carbonyl (C=O) groups is 1. The summed E-state index contributed by atoms with van der Waals surface area (Å²) < 4.78 is 0. The second kappa shape index (κ2) is 5.12. The normalized spacial score (nSPS) is 21.9. The molecule has 0 bridgehead atoms. The van der Waals surface area contributed by atoms with Crippen LogP contribution in [-0.2, 0) is 11.3 Å². The van der Waals surface area contributed by atoms with Gasteiger partial charge in [0.15, 0.2) is 0 Å². The van der Waals surface area contributed by atoms with Crippen LogP contribution in [0.25, 0.3) is 0 Å². The first-order valence-corrected chi connectivity index (χ1v) is 5.84. The molecular formula is C13H18N2O. The Morgan fingerprint density at radius 1 is 1.31 bits per heavy atom. The highest BCUT2D eigenvalue weighted by atomic mass is 16.1. The molecule has 3 nitrogen and oxygen atoms in total. The molecule has 0 saturated carbocycles. The number of benzene rings is 1. The molecule has 1 atom stereocenters. The van der Waals surface area contributed by atoms with E-state index < -0.39 is 0 Å². The molecule has 1 fully saturated rings. The van der Waals surface area contributed by atoms with Crippen LogP contribution in [0, 0.1) is 0 Å². The fraction of sp³-hybridized carbons (Fsp3) is 0.462. The molecule has 0 radical (unpaired) electrons. The van der Waals surface area contributed by atoms with Gasteiger partial charge in [-0.05, 0) is 24.9 Å². The number of hydrogen-bond acceptors (Lipinski definition) is 2. The Balaban J connectivity index is 2.04. The van der Waals surface area contributed by atoms with Crippen LogP contribution in [0.5, 0.6) is 0 Å². The number of likely N-dealkylation sites (tertiary alicyclic amines) is 1. The van der Waals surface area contributed by atoms with Crippen LogP contribution in [-0.4, -0.2) is 23.4 Å². The number of nitrogens with zero attached hydrogens (tertiary/aromatic N) is 1. The largest absolute Gasteiger partial charge is 0.368 e. The molecule has 0 aromatic heterocycles. The number of nitrogens with two attached hydrogens (primary N) is 1. The first-order valence-electron chi connectivity index (χ1n) is 5.84. The Kier molecular flexibility index (Phi) is 3.57. The second-order valence-electron chi connectivity index (χ2n) is 4.37. The van der Waals surface area contributed by atoms with Gasteiger partial charge in [-0.1, -0.05) is 36.8 Å². The van der Waals surface area contributed by atoms with Crippen LogP contribution in [0.1, 0.15) is 24.8 Å². The maximum absolute atomic E-state index is 11.3. The predicted octanol–water partition coefficient (Wildman–Crippen LogP) is 1.53. The van der Waals surface area contributed by atoms with E-state index in [1.54, 1.807) is 0 Å². The molecule has 1 heterocycles. The van der Waals surface area contributed by atoms with Crippen molar-refractivity contribution in [2.24, 2.45) is 5.73 Å². The molecule has 2 rings (SSSR count). The SMILES string of the molecule is NC(=O)[C@H]1CCCCN1Cc1ccccc1. The van der Waals surface area contributed by atoms with Gasteiger partial charge >= 0.3 is 0 Å². The summed E-state index contributed by atoms with van der Waals surface area (Å²) in [6, 6.07) is 10.2. The molecule has 1 aromatic carbocycles. The van der Waals surface area contributed by atoms with Crippen molar-refractivity contribution >= 4 is 5.91 Å². The van der Waals surface area contributed by atoms with Crippen molar-refractivity contribution in [3.63, 3.8) is 0 Å². The van der Waals surface area contributed by atoms with E-state index in [0.29, 0.717) is 0 Å². The minimum absolute atomic E-state index is 0.0750. The molecular weight excluding hydrogens is 200 g/mol. The van der Waals surface area contributed by atoms with Gasteiger partial charge in [0.25, 0.3) is 0 Å².